The Balaban J connectivity index is 1.73. The molecule has 1 aromatic heterocycles. The van der Waals surface area contributed by atoms with Crippen molar-refractivity contribution in [3.63, 3.8) is 0 Å². The van der Waals surface area contributed by atoms with Gasteiger partial charge < -0.3 is 10.2 Å². The highest BCUT2D eigenvalue weighted by Gasteiger charge is 2.32. The van der Waals surface area contributed by atoms with Gasteiger partial charge in [-0.15, -0.1) is 11.3 Å². The number of carbonyl (C=O) groups excluding carboxylic acids is 1. The lowest BCUT2D eigenvalue weighted by Crippen LogP contribution is -2.44. The van der Waals surface area contributed by atoms with E-state index >= 15 is 0 Å². The van der Waals surface area contributed by atoms with E-state index in [1.165, 1.54) is 17.4 Å². The molecule has 1 N–H and O–H groups in total. The number of benzene rings is 2. The second-order valence-corrected chi connectivity index (χ2v) is 11.1. The highest BCUT2D eigenvalue weighted by Crippen LogP contribution is 2.39. The van der Waals surface area contributed by atoms with Gasteiger partial charge in [0.05, 0.1) is 5.02 Å². The number of amides is 1. The predicted molar refractivity (Wildman–Crippen MR) is 160 cm³/mol. The van der Waals surface area contributed by atoms with Gasteiger partial charge in [0.25, 0.3) is 5.91 Å². The number of rotatable bonds is 9. The highest BCUT2D eigenvalue weighted by atomic mass is 35.5. The van der Waals surface area contributed by atoms with Crippen molar-refractivity contribution in [2.24, 2.45) is 4.99 Å². The zero-order chi connectivity index (χ0) is 27.2. The molecule has 38 heavy (non-hydrogen) atoms. The average Bonchev–Trinajstić information content (AvgIpc) is 3.27. The van der Waals surface area contributed by atoms with Crippen LogP contribution in [0.3, 0.4) is 0 Å². The number of hydrogen-bond donors (Lipinski definition) is 1. The second-order valence-electron chi connectivity index (χ2n) is 9.71. The van der Waals surface area contributed by atoms with Crippen LogP contribution in [0, 0.1) is 12.7 Å². The number of halogens is 2. The summed E-state index contributed by atoms with van der Waals surface area (Å²) in [4.78, 5) is 20.9. The summed E-state index contributed by atoms with van der Waals surface area (Å²) >= 11 is 7.92. The van der Waals surface area contributed by atoms with E-state index in [0.717, 1.165) is 47.9 Å². The van der Waals surface area contributed by atoms with Crippen LogP contribution in [0.25, 0.3) is 15.7 Å². The van der Waals surface area contributed by atoms with Crippen LogP contribution in [0.2, 0.25) is 5.02 Å². The molecule has 0 unspecified atom stereocenters. The molecular formula is C31H35ClFN3OS. The van der Waals surface area contributed by atoms with Crippen LogP contribution in [0.4, 0.5) is 4.39 Å². The summed E-state index contributed by atoms with van der Waals surface area (Å²) in [5.74, 6) is -0.537. The van der Waals surface area contributed by atoms with E-state index in [2.05, 4.69) is 42.0 Å². The molecule has 0 spiro atoms. The molecule has 1 saturated carbocycles. The summed E-state index contributed by atoms with van der Waals surface area (Å²) in [7, 11) is 1.99. The lowest BCUT2D eigenvalue weighted by Gasteiger charge is -2.37. The molecule has 4 nitrogen and oxygen atoms in total. The first kappa shape index (κ1) is 28.2. The van der Waals surface area contributed by atoms with Crippen LogP contribution in [-0.2, 0) is 6.54 Å². The highest BCUT2D eigenvalue weighted by molar-refractivity contribution is 7.21. The minimum Gasteiger partial charge on any atom is -0.331 e. The topological polar surface area (TPSA) is 44.7 Å². The molecule has 4 rings (SSSR count). The molecule has 2 aromatic carbocycles. The quantitative estimate of drug-likeness (QED) is 0.217. The first-order valence-corrected chi connectivity index (χ1v) is 14.3. The van der Waals surface area contributed by atoms with Crippen LogP contribution < -0.4 is 5.32 Å². The molecular weight excluding hydrogens is 517 g/mol. The number of fused-ring (bicyclic) bond motifs is 1. The van der Waals surface area contributed by atoms with E-state index in [9.17, 15) is 9.18 Å². The molecule has 0 radical (unpaired) electrons. The zero-order valence-corrected chi connectivity index (χ0v) is 23.8. The monoisotopic (exact) mass is 551 g/mol. The van der Waals surface area contributed by atoms with E-state index in [4.69, 9.17) is 11.6 Å². The maximum absolute atomic E-state index is 14.6. The van der Waals surface area contributed by atoms with Gasteiger partial charge in [-0.25, -0.2) is 4.39 Å². The van der Waals surface area contributed by atoms with Gasteiger partial charge in [-0.1, -0.05) is 48.5 Å². The number of nitrogens with zero attached hydrogens (tertiary/aromatic N) is 2. The van der Waals surface area contributed by atoms with E-state index in [1.54, 1.807) is 12.1 Å². The molecule has 1 aliphatic carbocycles. The van der Waals surface area contributed by atoms with Gasteiger partial charge >= 0.3 is 0 Å². The second kappa shape index (κ2) is 12.8. The Kier molecular flexibility index (Phi) is 9.53. The van der Waals surface area contributed by atoms with Gasteiger partial charge in [0, 0.05) is 41.5 Å². The molecule has 1 fully saturated rings. The third-order valence-electron chi connectivity index (χ3n) is 7.34. The SMILES string of the molecule is C=C/C=C(\C=NCC)c1ccc(C)c(CN(C(=O)c2sc3cccc(F)c3c2Cl)C2CCC(NC)CC2)c1. The molecule has 3 aromatic rings. The van der Waals surface area contributed by atoms with E-state index < -0.39 is 5.82 Å². The smallest absolute Gasteiger partial charge is 0.266 e. The summed E-state index contributed by atoms with van der Waals surface area (Å²) in [6, 6.07) is 11.7. The van der Waals surface area contributed by atoms with E-state index in [-0.39, 0.29) is 17.0 Å². The number of aryl methyl sites for hydroxylation is 1. The van der Waals surface area contributed by atoms with Crippen molar-refractivity contribution in [3.8, 4) is 0 Å². The molecule has 7 heteroatoms. The fraction of sp³-hybridized carbons (Fsp3) is 0.355. The molecule has 0 saturated heterocycles. The lowest BCUT2D eigenvalue weighted by atomic mass is 9.89. The van der Waals surface area contributed by atoms with E-state index in [0.29, 0.717) is 34.1 Å². The summed E-state index contributed by atoms with van der Waals surface area (Å²) in [6.07, 6.45) is 9.37. The van der Waals surface area contributed by atoms with Gasteiger partial charge in [0.1, 0.15) is 10.7 Å². The van der Waals surface area contributed by atoms with Gasteiger partial charge in [0.15, 0.2) is 0 Å². The minimum absolute atomic E-state index is 0.0751. The molecule has 0 bridgehead atoms. The number of allylic oxidation sites excluding steroid dienone is 3. The van der Waals surface area contributed by atoms with Crippen molar-refractivity contribution in [1.82, 2.24) is 10.2 Å². The Morgan fingerprint density at radius 3 is 2.68 bits per heavy atom. The standard InChI is InChI=1S/C31H35ClFN3OS/c1-5-8-22(18-35-6-2)21-12-11-20(3)23(17-21)19-36(25-15-13-24(34-4)14-16-25)31(37)30-29(32)28-26(33)9-7-10-27(28)38-30/h5,7-12,17-18,24-25,34H,1,6,13-16,19H2,2-4H3/b22-8+,35-18?. The summed E-state index contributed by atoms with van der Waals surface area (Å²) in [5, 5.41) is 3.91. The van der Waals surface area contributed by atoms with Crippen LogP contribution in [0.15, 0.2) is 60.1 Å². The number of hydrogen-bond acceptors (Lipinski definition) is 4. The molecule has 1 heterocycles. The fourth-order valence-corrected chi connectivity index (χ4v) is 6.63. The summed E-state index contributed by atoms with van der Waals surface area (Å²) in [5.41, 5.74) is 4.17. The largest absolute Gasteiger partial charge is 0.331 e. The molecule has 1 aliphatic rings. The zero-order valence-electron chi connectivity index (χ0n) is 22.3. The Morgan fingerprint density at radius 2 is 2.03 bits per heavy atom. The van der Waals surface area contributed by atoms with Crippen molar-refractivity contribution < 1.29 is 9.18 Å². The Morgan fingerprint density at radius 1 is 1.26 bits per heavy atom. The Bertz CT molecular complexity index is 1370. The fourth-order valence-electron chi connectivity index (χ4n) is 5.12. The number of thiophene rings is 1. The van der Waals surface area contributed by atoms with Crippen molar-refractivity contribution in [2.45, 2.75) is 58.2 Å². The predicted octanol–water partition coefficient (Wildman–Crippen LogP) is 7.84. The van der Waals surface area contributed by atoms with Crippen molar-refractivity contribution in [2.75, 3.05) is 13.6 Å². The number of aliphatic imine (C=N–C) groups is 1. The molecule has 1 amide bonds. The van der Waals surface area contributed by atoms with Gasteiger partial charge in [0.2, 0.25) is 0 Å². The third kappa shape index (κ3) is 6.09. The van der Waals surface area contributed by atoms with Crippen LogP contribution in [0.1, 0.15) is 59.0 Å². The maximum Gasteiger partial charge on any atom is 0.266 e. The average molecular weight is 552 g/mol. The summed E-state index contributed by atoms with van der Waals surface area (Å²) in [6.45, 7) is 9.07. The van der Waals surface area contributed by atoms with Crippen LogP contribution in [0.5, 0.6) is 0 Å². The van der Waals surface area contributed by atoms with E-state index in [1.807, 2.05) is 37.2 Å². The molecule has 0 atom stereocenters. The van der Waals surface area contributed by atoms with Crippen LogP contribution >= 0.6 is 22.9 Å². The first-order valence-electron chi connectivity index (χ1n) is 13.1. The first-order chi connectivity index (χ1) is 18.4. The van der Waals surface area contributed by atoms with Crippen molar-refractivity contribution in [1.29, 1.82) is 0 Å². The normalized spacial score (nSPS) is 18.3. The Hall–Kier alpha value is -2.80. The van der Waals surface area contributed by atoms with Gasteiger partial charge in [-0.05, 0) is 87.0 Å². The molecule has 200 valence electrons. The van der Waals surface area contributed by atoms with Crippen molar-refractivity contribution in [3.05, 3.63) is 87.5 Å². The Labute approximate surface area is 233 Å². The van der Waals surface area contributed by atoms with Gasteiger partial charge in [-0.3, -0.25) is 9.79 Å². The summed E-state index contributed by atoms with van der Waals surface area (Å²) < 4.78 is 15.3. The minimum atomic E-state index is -0.400. The molecule has 0 aliphatic heterocycles. The van der Waals surface area contributed by atoms with Crippen LogP contribution in [-0.4, -0.2) is 42.7 Å². The number of nitrogens with one attached hydrogen (secondary N) is 1. The van der Waals surface area contributed by atoms with Gasteiger partial charge in [-0.2, -0.15) is 0 Å². The lowest BCUT2D eigenvalue weighted by molar-refractivity contribution is 0.0606. The maximum atomic E-state index is 14.6. The number of carbonyl (C=O) groups is 1. The van der Waals surface area contributed by atoms with Crippen molar-refractivity contribution >= 4 is 50.7 Å². The third-order valence-corrected chi connectivity index (χ3v) is 8.97.